The van der Waals surface area contributed by atoms with Gasteiger partial charge in [0.2, 0.25) is 11.9 Å². The SMILES string of the molecule is c1ccc(-c2ccc3c4ccc(-c5ccccc5)cc4n(-c4nccc(-c5cccc6c5sc5ccccc56)n4)c3c2)cc1.c1ccc(-c2nc(-c3ccccc3)nc(-c3cccc(-n4c5ccccc5c5ccc(-c6cccc(-n7c8ccccc8c8ccccc87)c6)cc54)c3)n2)cc1.c1ccc(-c2nc(-c3ccccc3)nc(-n3c4ccccc4c4ccc(-c5cccc(-n6c7ccccc7c7ccccc76)c5)cc43)n2)cc1. The minimum Gasteiger partial charge on any atom is -0.309 e. The minimum absolute atomic E-state index is 0.583. The van der Waals surface area contributed by atoms with Gasteiger partial charge in [0.25, 0.3) is 0 Å². The van der Waals surface area contributed by atoms with Gasteiger partial charge in [-0.1, -0.05) is 413 Å². The maximum absolute atomic E-state index is 5.27. The van der Waals surface area contributed by atoms with Gasteiger partial charge in [0, 0.05) is 131 Å². The van der Waals surface area contributed by atoms with E-state index in [9.17, 15) is 0 Å². The standard InChI is InChI=1S/C51H33N5.C45H29N5.C40H25N3S/c1-3-15-34(16-4-1)49-52-50(35-17-5-2-6-18-35)54-51(53-49)38-20-14-22-40(32-38)56-47-28-12-9-25-43(47)44-30-29-37(33-48(44)56)36-19-13-21-39(31-36)55-45-26-10-7-23-41(45)42-24-8-11-27-46(42)55;1-3-14-30(15-4-1)43-46-44(31-16-5-2-6-17-31)48-45(47-43)50-41-25-12-9-22-37(41)38-27-26-33(29-42(38)50)32-18-13-19-34(28-32)49-39-23-10-7-20-35(39)36-21-8-11-24-40(36)49;1-3-10-26(11-4-1)28-18-20-30-31-21-19-29(27-12-5-2-6-13-27)25-37(31)43(36(30)24-28)40-41-23-22-35(42-40)34-16-9-15-33-32-14-7-8-17-38(32)44-39(33)34/h1-33H;1-29H;1-25H. The number of thiophene rings is 1. The van der Waals surface area contributed by atoms with Crippen LogP contribution in [-0.2, 0) is 0 Å². The lowest BCUT2D eigenvalue weighted by atomic mass is 10.0. The number of nitrogens with zero attached hydrogens (tertiary/aromatic N) is 13. The molecule has 0 bridgehead atoms. The zero-order chi connectivity index (χ0) is 99.1. The van der Waals surface area contributed by atoms with Crippen LogP contribution in [0.2, 0.25) is 0 Å². The van der Waals surface area contributed by atoms with Crippen molar-refractivity contribution in [3.8, 4) is 142 Å². The van der Waals surface area contributed by atoms with E-state index in [4.69, 9.17) is 39.9 Å². The molecule has 0 radical (unpaired) electrons. The van der Waals surface area contributed by atoms with Crippen molar-refractivity contribution >= 4 is 141 Å². The fourth-order valence-corrected chi connectivity index (χ4v) is 23.1. The Morgan fingerprint density at radius 2 is 0.413 bits per heavy atom. The Hall–Kier alpha value is -20.1. The largest absolute Gasteiger partial charge is 0.309 e. The molecule has 0 fully saturated rings. The molecule has 0 saturated heterocycles. The fourth-order valence-electron chi connectivity index (χ4n) is 21.9. The number of aromatic nitrogens is 13. The predicted molar refractivity (Wildman–Crippen MR) is 621 cm³/mol. The molecule has 0 aliphatic rings. The van der Waals surface area contributed by atoms with E-state index < -0.39 is 0 Å². The van der Waals surface area contributed by atoms with E-state index in [0.29, 0.717) is 41.0 Å². The highest BCUT2D eigenvalue weighted by atomic mass is 32.1. The highest BCUT2D eigenvalue weighted by molar-refractivity contribution is 7.26. The van der Waals surface area contributed by atoms with E-state index in [1.165, 1.54) is 96.5 Å². The van der Waals surface area contributed by atoms with Crippen LogP contribution in [0.5, 0.6) is 0 Å². The van der Waals surface area contributed by atoms with Gasteiger partial charge in [-0.15, -0.1) is 11.3 Å². The number of rotatable bonds is 15. The molecular formula is C136H87N13S. The second kappa shape index (κ2) is 37.3. The van der Waals surface area contributed by atoms with Crippen LogP contribution >= 0.6 is 11.3 Å². The maximum atomic E-state index is 5.27. The molecule has 702 valence electrons. The average molecular weight is 1940 g/mol. The molecule has 9 aromatic heterocycles. The fraction of sp³-hybridized carbons (Fsp3) is 0. The summed E-state index contributed by atoms with van der Waals surface area (Å²) in [6.45, 7) is 0. The van der Waals surface area contributed by atoms with Gasteiger partial charge in [0.15, 0.2) is 29.1 Å². The Labute approximate surface area is 866 Å². The summed E-state index contributed by atoms with van der Waals surface area (Å²) in [5.41, 5.74) is 30.6. The van der Waals surface area contributed by atoms with E-state index in [0.717, 1.165) is 133 Å². The monoisotopic (exact) mass is 1930 g/mol. The first-order valence-corrected chi connectivity index (χ1v) is 51.2. The van der Waals surface area contributed by atoms with Crippen LogP contribution < -0.4 is 0 Å². The van der Waals surface area contributed by atoms with Gasteiger partial charge in [-0.3, -0.25) is 9.13 Å². The van der Waals surface area contributed by atoms with Crippen molar-refractivity contribution in [2.75, 3.05) is 0 Å². The molecule has 0 aliphatic heterocycles. The van der Waals surface area contributed by atoms with Crippen molar-refractivity contribution in [1.82, 2.24) is 62.7 Å². The third kappa shape index (κ3) is 15.7. The Kier molecular flexibility index (Phi) is 21.8. The van der Waals surface area contributed by atoms with E-state index in [-0.39, 0.29) is 0 Å². The summed E-state index contributed by atoms with van der Waals surface area (Å²) in [7, 11) is 0. The van der Waals surface area contributed by atoms with Crippen LogP contribution in [0.1, 0.15) is 0 Å². The van der Waals surface area contributed by atoms with Crippen molar-refractivity contribution in [1.29, 1.82) is 0 Å². The quantitative estimate of drug-likeness (QED) is 0.0993. The second-order valence-corrected chi connectivity index (χ2v) is 38.7. The summed E-state index contributed by atoms with van der Waals surface area (Å²) in [5.74, 6) is 4.43. The molecule has 0 atom stereocenters. The number of hydrogen-bond donors (Lipinski definition) is 0. The molecule has 0 saturated carbocycles. The summed E-state index contributed by atoms with van der Waals surface area (Å²) in [5, 5.41) is 14.6. The highest BCUT2D eigenvalue weighted by Gasteiger charge is 2.26. The highest BCUT2D eigenvalue weighted by Crippen LogP contribution is 2.46. The Morgan fingerprint density at radius 3 is 0.800 bits per heavy atom. The molecule has 30 aromatic rings. The number of benzene rings is 21. The lowest BCUT2D eigenvalue weighted by Crippen LogP contribution is -2.06. The molecule has 9 heterocycles. The van der Waals surface area contributed by atoms with Crippen LogP contribution in [0.4, 0.5) is 0 Å². The lowest BCUT2D eigenvalue weighted by Gasteiger charge is -2.13. The molecular weight excluding hydrogens is 1850 g/mol. The Morgan fingerprint density at radius 1 is 0.153 bits per heavy atom. The first kappa shape index (κ1) is 87.7. The number of para-hydroxylation sites is 6. The van der Waals surface area contributed by atoms with Crippen LogP contribution in [-0.4, -0.2) is 62.7 Å². The van der Waals surface area contributed by atoms with Crippen molar-refractivity contribution in [3.05, 3.63) is 528 Å². The number of fused-ring (bicyclic) bond motifs is 18. The summed E-state index contributed by atoms with van der Waals surface area (Å²) in [4.78, 5) is 40.3. The lowest BCUT2D eigenvalue weighted by molar-refractivity contribution is 0.953. The van der Waals surface area contributed by atoms with Crippen molar-refractivity contribution < 1.29 is 0 Å². The van der Waals surface area contributed by atoms with Crippen molar-refractivity contribution in [2.24, 2.45) is 0 Å². The van der Waals surface area contributed by atoms with Gasteiger partial charge in [-0.25, -0.2) is 29.9 Å². The minimum atomic E-state index is 0.583. The van der Waals surface area contributed by atoms with Crippen LogP contribution in [0.15, 0.2) is 528 Å². The molecule has 0 aliphatic carbocycles. The van der Waals surface area contributed by atoms with Crippen LogP contribution in [0.3, 0.4) is 0 Å². The third-order valence-electron chi connectivity index (χ3n) is 28.8. The predicted octanol–water partition coefficient (Wildman–Crippen LogP) is 34.7. The maximum Gasteiger partial charge on any atom is 0.238 e. The average Bonchev–Trinajstić information content (AvgIpc) is 1.86. The van der Waals surface area contributed by atoms with Crippen LogP contribution in [0.25, 0.3) is 271 Å². The Bertz CT molecular complexity index is 10200. The zero-order valence-corrected chi connectivity index (χ0v) is 81.8. The van der Waals surface area contributed by atoms with Gasteiger partial charge >= 0.3 is 0 Å². The smallest absolute Gasteiger partial charge is 0.238 e. The molecule has 0 unspecified atom stereocenters. The van der Waals surface area contributed by atoms with E-state index in [1.807, 2.05) is 145 Å². The number of hydrogen-bond acceptors (Lipinski definition) is 9. The molecule has 0 spiro atoms. The van der Waals surface area contributed by atoms with E-state index in [2.05, 4.69) is 417 Å². The zero-order valence-electron chi connectivity index (χ0n) is 81.0. The molecule has 0 amide bonds. The van der Waals surface area contributed by atoms with Crippen molar-refractivity contribution in [2.45, 2.75) is 0 Å². The van der Waals surface area contributed by atoms with Gasteiger partial charge < -0.3 is 13.7 Å². The van der Waals surface area contributed by atoms with Gasteiger partial charge in [0.1, 0.15) is 0 Å². The Balaban J connectivity index is 0.000000109. The summed E-state index contributed by atoms with van der Waals surface area (Å²) < 4.78 is 14.1. The van der Waals surface area contributed by atoms with Gasteiger partial charge in [0.05, 0.1) is 60.9 Å². The van der Waals surface area contributed by atoms with E-state index >= 15 is 0 Å². The molecule has 14 heteroatoms. The summed E-state index contributed by atoms with van der Waals surface area (Å²) in [6.07, 6.45) is 1.89. The van der Waals surface area contributed by atoms with Gasteiger partial charge in [-0.2, -0.15) is 9.97 Å². The molecule has 150 heavy (non-hydrogen) atoms. The first-order valence-electron chi connectivity index (χ1n) is 50.4. The van der Waals surface area contributed by atoms with E-state index in [1.54, 1.807) is 0 Å². The molecule has 30 rings (SSSR count). The normalized spacial score (nSPS) is 11.6. The third-order valence-corrected chi connectivity index (χ3v) is 30.1. The first-order chi connectivity index (χ1) is 74.4. The topological polar surface area (TPSA) is 128 Å². The molecule has 21 aromatic carbocycles. The molecule has 0 N–H and O–H groups in total. The van der Waals surface area contributed by atoms with Gasteiger partial charge in [-0.05, 0) is 154 Å². The van der Waals surface area contributed by atoms with Crippen molar-refractivity contribution in [3.63, 3.8) is 0 Å². The molecule has 13 nitrogen and oxygen atoms in total. The second-order valence-electron chi connectivity index (χ2n) is 37.7. The van der Waals surface area contributed by atoms with Crippen LogP contribution in [0, 0.1) is 0 Å². The summed E-state index contributed by atoms with van der Waals surface area (Å²) in [6, 6.07) is 184. The summed E-state index contributed by atoms with van der Waals surface area (Å²) >= 11 is 1.82.